The van der Waals surface area contributed by atoms with Crippen LogP contribution in [-0.4, -0.2) is 27.8 Å². The number of hydrogen-bond acceptors (Lipinski definition) is 4. The lowest BCUT2D eigenvalue weighted by Crippen LogP contribution is -2.21. The summed E-state index contributed by atoms with van der Waals surface area (Å²) < 4.78 is 0. The van der Waals surface area contributed by atoms with E-state index in [1.165, 1.54) is 12.3 Å². The molecule has 86 valence electrons. The highest BCUT2D eigenvalue weighted by atomic mass is 35.5. The predicted molar refractivity (Wildman–Crippen MR) is 59.2 cm³/mol. The largest absolute Gasteiger partial charge is 0.390 e. The summed E-state index contributed by atoms with van der Waals surface area (Å²) in [6, 6.07) is 1.39. The van der Waals surface area contributed by atoms with Crippen LogP contribution < -0.4 is 0 Å². The zero-order valence-electron chi connectivity index (χ0n) is 7.96. The number of hydrogen-bond donors (Lipinski definition) is 2. The molecule has 0 fully saturated rings. The molecule has 0 radical (unpaired) electrons. The third-order valence-corrected chi connectivity index (χ3v) is 2.54. The average Bonchev–Trinajstić information content (AvgIpc) is 2.28. The Morgan fingerprint density at radius 3 is 2.75 bits per heavy atom. The molecule has 2 N–H and O–H groups in total. The normalized spacial score (nSPS) is 14.0. The molecular weight excluding hydrogens is 255 g/mol. The van der Waals surface area contributed by atoms with Crippen LogP contribution in [0.3, 0.4) is 0 Å². The van der Waals surface area contributed by atoms with Crippen molar-refractivity contribution in [2.45, 2.75) is 12.2 Å². The van der Waals surface area contributed by atoms with Crippen molar-refractivity contribution in [1.29, 1.82) is 0 Å². The van der Waals surface area contributed by atoms with E-state index in [4.69, 9.17) is 28.7 Å². The van der Waals surface area contributed by atoms with Gasteiger partial charge in [-0.05, 0) is 11.6 Å². The molecular formula is C8H8Cl2N4O2. The van der Waals surface area contributed by atoms with Crippen molar-refractivity contribution in [1.82, 2.24) is 4.98 Å². The smallest absolute Gasteiger partial charge is 0.147 e. The Kier molecular flexibility index (Phi) is 4.79. The summed E-state index contributed by atoms with van der Waals surface area (Å²) in [6.07, 6.45) is -1.15. The van der Waals surface area contributed by atoms with Crippen molar-refractivity contribution in [2.24, 2.45) is 5.11 Å². The van der Waals surface area contributed by atoms with E-state index in [2.05, 4.69) is 15.0 Å². The monoisotopic (exact) mass is 262 g/mol. The van der Waals surface area contributed by atoms with Gasteiger partial charge < -0.3 is 10.2 Å². The lowest BCUT2D eigenvalue weighted by atomic mass is 10.1. The minimum Gasteiger partial charge on any atom is -0.390 e. The van der Waals surface area contributed by atoms with Gasteiger partial charge in [0.1, 0.15) is 11.3 Å². The number of aliphatic hydroxyl groups is 2. The Bertz CT molecular complexity index is 422. The number of halogens is 2. The molecule has 0 saturated heterocycles. The Morgan fingerprint density at radius 1 is 1.50 bits per heavy atom. The van der Waals surface area contributed by atoms with Gasteiger partial charge in [-0.15, -0.1) is 0 Å². The standard InChI is InChI=1S/C8H8Cl2N4O2/c9-5-1-4(2-12-8(5)10)7(16)6(15)3-13-14-11/h1-2,6-7,15-16H,3H2. The molecule has 0 aliphatic rings. The SMILES string of the molecule is [N-]=[N+]=NCC(O)C(O)c1cnc(Cl)c(Cl)c1. The summed E-state index contributed by atoms with van der Waals surface area (Å²) >= 11 is 11.3. The van der Waals surface area contributed by atoms with E-state index in [1.54, 1.807) is 0 Å². The van der Waals surface area contributed by atoms with Crippen molar-refractivity contribution in [3.63, 3.8) is 0 Å². The second-order valence-corrected chi connectivity index (χ2v) is 3.73. The van der Waals surface area contributed by atoms with E-state index in [-0.39, 0.29) is 16.7 Å². The maximum Gasteiger partial charge on any atom is 0.147 e. The summed E-state index contributed by atoms with van der Waals surface area (Å²) in [5.74, 6) is 0. The van der Waals surface area contributed by atoms with Crippen LogP contribution in [0.4, 0.5) is 0 Å². The van der Waals surface area contributed by atoms with E-state index in [9.17, 15) is 10.2 Å². The summed E-state index contributed by atoms with van der Waals surface area (Å²) in [5.41, 5.74) is 8.36. The van der Waals surface area contributed by atoms with Crippen LogP contribution in [0.2, 0.25) is 10.2 Å². The average molecular weight is 263 g/mol. The van der Waals surface area contributed by atoms with Crippen molar-refractivity contribution in [2.75, 3.05) is 6.54 Å². The molecule has 0 aromatic carbocycles. The van der Waals surface area contributed by atoms with Crippen molar-refractivity contribution in [3.05, 3.63) is 38.4 Å². The Balaban J connectivity index is 2.82. The van der Waals surface area contributed by atoms with Gasteiger partial charge in [-0.1, -0.05) is 28.3 Å². The van der Waals surface area contributed by atoms with Gasteiger partial charge in [0.2, 0.25) is 0 Å². The zero-order chi connectivity index (χ0) is 12.1. The quantitative estimate of drug-likeness (QED) is 0.376. The predicted octanol–water partition coefficient (Wildman–Crippen LogP) is 2.09. The van der Waals surface area contributed by atoms with Gasteiger partial charge in [-0.2, -0.15) is 0 Å². The zero-order valence-corrected chi connectivity index (χ0v) is 9.47. The highest BCUT2D eigenvalue weighted by Crippen LogP contribution is 2.24. The summed E-state index contributed by atoms with van der Waals surface area (Å²) in [7, 11) is 0. The molecule has 0 saturated carbocycles. The molecule has 0 bridgehead atoms. The van der Waals surface area contributed by atoms with Crippen molar-refractivity contribution < 1.29 is 10.2 Å². The highest BCUT2D eigenvalue weighted by Gasteiger charge is 2.18. The van der Waals surface area contributed by atoms with E-state index >= 15 is 0 Å². The van der Waals surface area contributed by atoms with Gasteiger partial charge in [-0.3, -0.25) is 0 Å². The summed E-state index contributed by atoms with van der Waals surface area (Å²) in [5, 5.41) is 22.5. The van der Waals surface area contributed by atoms with Gasteiger partial charge in [0.25, 0.3) is 0 Å². The number of azide groups is 1. The molecule has 2 atom stereocenters. The molecule has 1 heterocycles. The van der Waals surface area contributed by atoms with Crippen LogP contribution in [0.5, 0.6) is 0 Å². The molecule has 0 aliphatic carbocycles. The molecule has 0 spiro atoms. The molecule has 0 amide bonds. The van der Waals surface area contributed by atoms with Crippen molar-refractivity contribution in [3.8, 4) is 0 Å². The van der Waals surface area contributed by atoms with E-state index in [0.717, 1.165) is 0 Å². The first-order chi connectivity index (χ1) is 7.56. The van der Waals surface area contributed by atoms with Gasteiger partial charge >= 0.3 is 0 Å². The molecule has 0 aliphatic heterocycles. The molecule has 1 aromatic rings. The Morgan fingerprint density at radius 2 is 2.19 bits per heavy atom. The highest BCUT2D eigenvalue weighted by molar-refractivity contribution is 6.41. The molecule has 2 unspecified atom stereocenters. The fraction of sp³-hybridized carbons (Fsp3) is 0.375. The number of nitrogens with zero attached hydrogens (tertiary/aromatic N) is 4. The first-order valence-corrected chi connectivity index (χ1v) is 4.99. The Labute approximate surface area is 101 Å². The molecule has 1 rings (SSSR count). The molecule has 16 heavy (non-hydrogen) atoms. The third-order valence-electron chi connectivity index (χ3n) is 1.86. The van der Waals surface area contributed by atoms with E-state index in [1.807, 2.05) is 0 Å². The summed E-state index contributed by atoms with van der Waals surface area (Å²) in [6.45, 7) is -0.238. The maximum atomic E-state index is 9.66. The lowest BCUT2D eigenvalue weighted by Gasteiger charge is -2.16. The van der Waals surface area contributed by atoms with Gasteiger partial charge in [-0.25, -0.2) is 4.98 Å². The minimum atomic E-state index is -1.23. The molecule has 8 heteroatoms. The minimum absolute atomic E-state index is 0.113. The fourth-order valence-corrected chi connectivity index (χ4v) is 1.32. The second-order valence-electron chi connectivity index (χ2n) is 2.97. The van der Waals surface area contributed by atoms with Crippen LogP contribution in [0.25, 0.3) is 10.4 Å². The van der Waals surface area contributed by atoms with E-state index in [0.29, 0.717) is 5.56 Å². The van der Waals surface area contributed by atoms with Crippen LogP contribution in [0.1, 0.15) is 11.7 Å². The van der Waals surface area contributed by atoms with Gasteiger partial charge in [0.15, 0.2) is 0 Å². The van der Waals surface area contributed by atoms with Crippen LogP contribution >= 0.6 is 23.2 Å². The van der Waals surface area contributed by atoms with Gasteiger partial charge in [0, 0.05) is 16.7 Å². The second kappa shape index (κ2) is 5.89. The van der Waals surface area contributed by atoms with E-state index < -0.39 is 12.2 Å². The third kappa shape index (κ3) is 3.23. The lowest BCUT2D eigenvalue weighted by molar-refractivity contribution is 0.0242. The van der Waals surface area contributed by atoms with Crippen LogP contribution in [0, 0.1) is 0 Å². The number of aromatic nitrogens is 1. The maximum absolute atomic E-state index is 9.66. The Hall–Kier alpha value is -1.04. The van der Waals surface area contributed by atoms with Crippen molar-refractivity contribution >= 4 is 23.2 Å². The number of aliphatic hydroxyl groups excluding tert-OH is 2. The first-order valence-electron chi connectivity index (χ1n) is 4.24. The van der Waals surface area contributed by atoms with Gasteiger partial charge in [0.05, 0.1) is 17.7 Å². The molecule has 6 nitrogen and oxygen atoms in total. The van der Waals surface area contributed by atoms with Crippen LogP contribution in [-0.2, 0) is 0 Å². The molecule has 1 aromatic heterocycles. The number of pyridine rings is 1. The number of rotatable bonds is 4. The topological polar surface area (TPSA) is 102 Å². The summed E-state index contributed by atoms with van der Waals surface area (Å²) in [4.78, 5) is 6.20. The first kappa shape index (κ1) is 13.0. The fourth-order valence-electron chi connectivity index (χ4n) is 1.04. The van der Waals surface area contributed by atoms with Crippen LogP contribution in [0.15, 0.2) is 17.4 Å².